The summed E-state index contributed by atoms with van der Waals surface area (Å²) in [5.74, 6) is -0.412. The van der Waals surface area contributed by atoms with E-state index in [9.17, 15) is 9.18 Å². The molecule has 0 aliphatic heterocycles. The molecule has 1 aromatic carbocycles. The maximum Gasteiger partial charge on any atom is 0.246 e. The monoisotopic (exact) mass is 331 g/mol. The molecule has 0 saturated heterocycles. The second-order valence-electron chi connectivity index (χ2n) is 7.03. The van der Waals surface area contributed by atoms with Crippen LogP contribution in [0.3, 0.4) is 0 Å². The lowest BCUT2D eigenvalue weighted by molar-refractivity contribution is -0.125. The SMILES string of the molecule is COCC(=O)N[C@@H]1CC(C)(C)Cc2c1cnn2-c1ccc(F)cc1. The maximum atomic E-state index is 13.2. The summed E-state index contributed by atoms with van der Waals surface area (Å²) in [5, 5.41) is 7.51. The van der Waals surface area contributed by atoms with Gasteiger partial charge in [0.15, 0.2) is 0 Å². The van der Waals surface area contributed by atoms with Crippen LogP contribution in [-0.2, 0) is 16.0 Å². The highest BCUT2D eigenvalue weighted by Gasteiger charge is 2.35. The normalized spacial score (nSPS) is 18.9. The molecule has 0 saturated carbocycles. The molecule has 1 heterocycles. The van der Waals surface area contributed by atoms with Gasteiger partial charge >= 0.3 is 0 Å². The second kappa shape index (κ2) is 6.36. The summed E-state index contributed by atoms with van der Waals surface area (Å²) in [4.78, 5) is 11.9. The van der Waals surface area contributed by atoms with Crippen LogP contribution in [0.4, 0.5) is 4.39 Å². The predicted molar refractivity (Wildman–Crippen MR) is 88.4 cm³/mol. The molecule has 0 unspecified atom stereocenters. The Kier molecular flexibility index (Phi) is 4.41. The number of amides is 1. The number of fused-ring (bicyclic) bond motifs is 1. The lowest BCUT2D eigenvalue weighted by Gasteiger charge is -2.36. The summed E-state index contributed by atoms with van der Waals surface area (Å²) in [5.41, 5.74) is 2.91. The summed E-state index contributed by atoms with van der Waals surface area (Å²) in [6.45, 7) is 4.39. The molecule has 0 fully saturated rings. The third kappa shape index (κ3) is 3.33. The molecule has 0 bridgehead atoms. The summed E-state index contributed by atoms with van der Waals surface area (Å²) >= 11 is 0. The fourth-order valence-electron chi connectivity index (χ4n) is 3.34. The van der Waals surface area contributed by atoms with Crippen LogP contribution in [0.15, 0.2) is 30.5 Å². The van der Waals surface area contributed by atoms with Crippen molar-refractivity contribution in [3.63, 3.8) is 0 Å². The van der Waals surface area contributed by atoms with E-state index in [1.165, 1.54) is 19.2 Å². The number of benzene rings is 1. The van der Waals surface area contributed by atoms with Crippen LogP contribution in [0, 0.1) is 11.2 Å². The van der Waals surface area contributed by atoms with E-state index in [2.05, 4.69) is 24.3 Å². The van der Waals surface area contributed by atoms with E-state index in [0.29, 0.717) is 0 Å². The van der Waals surface area contributed by atoms with E-state index in [0.717, 1.165) is 29.8 Å². The minimum atomic E-state index is -0.273. The number of ether oxygens (including phenoxy) is 1. The standard InChI is InChI=1S/C18H22FN3O2/c1-18(2)8-15(21-17(23)11-24-3)14-10-20-22(16(14)9-18)13-6-4-12(19)5-7-13/h4-7,10,15H,8-9,11H2,1-3H3,(H,21,23)/t15-/m1/s1. The van der Waals surface area contributed by atoms with Gasteiger partial charge in [-0.1, -0.05) is 13.8 Å². The first-order valence-corrected chi connectivity index (χ1v) is 8.01. The van der Waals surface area contributed by atoms with Gasteiger partial charge in [0.1, 0.15) is 12.4 Å². The van der Waals surface area contributed by atoms with Gasteiger partial charge in [-0.15, -0.1) is 0 Å². The molecular formula is C18H22FN3O2. The molecule has 3 rings (SSSR count). The van der Waals surface area contributed by atoms with Gasteiger partial charge in [-0.2, -0.15) is 5.10 Å². The lowest BCUT2D eigenvalue weighted by atomic mass is 9.74. The summed E-state index contributed by atoms with van der Waals surface area (Å²) in [6, 6.07) is 6.18. The predicted octanol–water partition coefficient (Wildman–Crippen LogP) is 2.79. The minimum absolute atomic E-state index is 0.0236. The van der Waals surface area contributed by atoms with Gasteiger partial charge in [0.2, 0.25) is 5.91 Å². The Hall–Kier alpha value is -2.21. The Morgan fingerprint density at radius 3 is 2.79 bits per heavy atom. The molecule has 128 valence electrons. The number of carbonyl (C=O) groups excluding carboxylic acids is 1. The third-order valence-corrected chi connectivity index (χ3v) is 4.36. The molecule has 1 N–H and O–H groups in total. The van der Waals surface area contributed by atoms with Crippen molar-refractivity contribution >= 4 is 5.91 Å². The van der Waals surface area contributed by atoms with Gasteiger partial charge in [0, 0.05) is 12.7 Å². The minimum Gasteiger partial charge on any atom is -0.375 e. The van der Waals surface area contributed by atoms with Gasteiger partial charge in [-0.25, -0.2) is 9.07 Å². The number of methoxy groups -OCH3 is 1. The van der Waals surface area contributed by atoms with Crippen LogP contribution in [0.5, 0.6) is 0 Å². The van der Waals surface area contributed by atoms with Crippen LogP contribution >= 0.6 is 0 Å². The zero-order valence-electron chi connectivity index (χ0n) is 14.2. The first-order valence-electron chi connectivity index (χ1n) is 8.01. The Bertz CT molecular complexity index is 737. The van der Waals surface area contributed by atoms with Crippen molar-refractivity contribution in [2.75, 3.05) is 13.7 Å². The molecule has 0 spiro atoms. The van der Waals surface area contributed by atoms with Crippen molar-refractivity contribution in [1.82, 2.24) is 15.1 Å². The molecule has 1 aliphatic carbocycles. The zero-order chi connectivity index (χ0) is 17.3. The van der Waals surface area contributed by atoms with Gasteiger partial charge in [-0.05, 0) is 42.5 Å². The van der Waals surface area contributed by atoms with Crippen molar-refractivity contribution in [2.45, 2.75) is 32.7 Å². The Balaban J connectivity index is 1.96. The van der Waals surface area contributed by atoms with Gasteiger partial charge in [0.25, 0.3) is 0 Å². The number of hydrogen-bond donors (Lipinski definition) is 1. The highest BCUT2D eigenvalue weighted by Crippen LogP contribution is 2.41. The highest BCUT2D eigenvalue weighted by atomic mass is 19.1. The first-order chi connectivity index (χ1) is 11.4. The number of halogens is 1. The van der Waals surface area contributed by atoms with Crippen molar-refractivity contribution in [3.8, 4) is 5.69 Å². The van der Waals surface area contributed by atoms with E-state index >= 15 is 0 Å². The largest absolute Gasteiger partial charge is 0.375 e. The molecule has 1 aromatic heterocycles. The Morgan fingerprint density at radius 1 is 1.42 bits per heavy atom. The first kappa shape index (κ1) is 16.6. The molecular weight excluding hydrogens is 309 g/mol. The zero-order valence-corrected chi connectivity index (χ0v) is 14.2. The number of hydrogen-bond acceptors (Lipinski definition) is 3. The Labute approximate surface area is 140 Å². The van der Waals surface area contributed by atoms with Crippen LogP contribution < -0.4 is 5.32 Å². The smallest absolute Gasteiger partial charge is 0.246 e. The van der Waals surface area contributed by atoms with Crippen molar-refractivity contribution in [1.29, 1.82) is 0 Å². The number of rotatable bonds is 4. The number of carbonyl (C=O) groups is 1. The quantitative estimate of drug-likeness (QED) is 0.937. The van der Waals surface area contributed by atoms with Crippen LogP contribution in [0.25, 0.3) is 5.69 Å². The van der Waals surface area contributed by atoms with Crippen molar-refractivity contribution in [3.05, 3.63) is 47.5 Å². The number of nitrogens with one attached hydrogen (secondary N) is 1. The Morgan fingerprint density at radius 2 is 2.12 bits per heavy atom. The molecule has 1 atom stereocenters. The van der Waals surface area contributed by atoms with Gasteiger partial charge in [-0.3, -0.25) is 4.79 Å². The van der Waals surface area contributed by atoms with E-state index in [1.54, 1.807) is 18.3 Å². The topological polar surface area (TPSA) is 56.1 Å². The van der Waals surface area contributed by atoms with Crippen LogP contribution in [0.1, 0.15) is 37.6 Å². The summed E-state index contributed by atoms with van der Waals surface area (Å²) in [7, 11) is 1.50. The molecule has 2 aromatic rings. The van der Waals surface area contributed by atoms with Gasteiger partial charge < -0.3 is 10.1 Å². The summed E-state index contributed by atoms with van der Waals surface area (Å²) in [6.07, 6.45) is 3.48. The third-order valence-electron chi connectivity index (χ3n) is 4.36. The molecule has 0 radical (unpaired) electrons. The van der Waals surface area contributed by atoms with E-state index in [4.69, 9.17) is 4.74 Å². The number of aromatic nitrogens is 2. The van der Waals surface area contributed by atoms with Crippen LogP contribution in [-0.4, -0.2) is 29.4 Å². The van der Waals surface area contributed by atoms with E-state index < -0.39 is 0 Å². The maximum absolute atomic E-state index is 13.2. The fourth-order valence-corrected chi connectivity index (χ4v) is 3.34. The van der Waals surface area contributed by atoms with E-state index in [1.807, 2.05) is 4.68 Å². The molecule has 24 heavy (non-hydrogen) atoms. The average molecular weight is 331 g/mol. The fraction of sp³-hybridized carbons (Fsp3) is 0.444. The molecule has 1 aliphatic rings. The van der Waals surface area contributed by atoms with Crippen LogP contribution in [0.2, 0.25) is 0 Å². The molecule has 6 heteroatoms. The molecule has 1 amide bonds. The average Bonchev–Trinajstić information content (AvgIpc) is 2.90. The second-order valence-corrected chi connectivity index (χ2v) is 7.03. The van der Waals surface area contributed by atoms with Crippen molar-refractivity contribution in [2.24, 2.45) is 5.41 Å². The lowest BCUT2D eigenvalue weighted by Crippen LogP contribution is -2.38. The van der Waals surface area contributed by atoms with Gasteiger partial charge in [0.05, 0.1) is 23.6 Å². The molecule has 5 nitrogen and oxygen atoms in total. The highest BCUT2D eigenvalue weighted by molar-refractivity contribution is 5.77. The van der Waals surface area contributed by atoms with Crippen molar-refractivity contribution < 1.29 is 13.9 Å². The summed E-state index contributed by atoms with van der Waals surface area (Å²) < 4.78 is 19.9. The van der Waals surface area contributed by atoms with E-state index in [-0.39, 0.29) is 29.8 Å². The number of nitrogens with zero attached hydrogens (tertiary/aromatic N) is 2.